The van der Waals surface area contributed by atoms with E-state index in [1.807, 2.05) is 6.07 Å². The molecule has 1 aliphatic heterocycles. The average molecular weight is 469 g/mol. The van der Waals surface area contributed by atoms with E-state index in [0.29, 0.717) is 28.5 Å². The molecule has 2 amide bonds. The molecule has 10 heteroatoms. The molecule has 7 nitrogen and oxygen atoms in total. The molecule has 168 valence electrons. The van der Waals surface area contributed by atoms with Crippen molar-refractivity contribution in [1.29, 1.82) is 5.26 Å². The fourth-order valence-electron chi connectivity index (χ4n) is 3.77. The minimum atomic E-state index is -0.954. The number of halogens is 3. The molecule has 0 fully saturated rings. The third-order valence-corrected chi connectivity index (χ3v) is 5.41. The number of rotatable bonds is 5. The van der Waals surface area contributed by atoms with Crippen LogP contribution in [0.4, 0.5) is 36.5 Å². The first-order chi connectivity index (χ1) is 15.9. The highest BCUT2D eigenvalue weighted by Crippen LogP contribution is 2.45. The lowest BCUT2D eigenvalue weighted by Gasteiger charge is -2.28. The number of benzene rings is 2. The molecule has 4 rings (SSSR count). The van der Waals surface area contributed by atoms with Crippen molar-refractivity contribution in [2.24, 2.45) is 5.73 Å². The predicted molar refractivity (Wildman–Crippen MR) is 124 cm³/mol. The number of hydrogen-bond donors (Lipinski definition) is 2. The Morgan fingerprint density at radius 2 is 1.91 bits per heavy atom. The van der Waals surface area contributed by atoms with E-state index < -0.39 is 23.4 Å². The van der Waals surface area contributed by atoms with E-state index in [9.17, 15) is 10.1 Å². The van der Waals surface area contributed by atoms with Gasteiger partial charge in [0, 0.05) is 42.6 Å². The average Bonchev–Trinajstić information content (AvgIpc) is 2.89. The summed E-state index contributed by atoms with van der Waals surface area (Å²) >= 11 is 6.18. The van der Waals surface area contributed by atoms with Gasteiger partial charge in [-0.15, -0.1) is 0 Å². The number of nitriles is 1. The van der Waals surface area contributed by atoms with Crippen molar-refractivity contribution in [3.8, 4) is 17.2 Å². The molecule has 0 saturated heterocycles. The molecular weight excluding hydrogens is 450 g/mol. The van der Waals surface area contributed by atoms with Gasteiger partial charge in [0.25, 0.3) is 0 Å². The maximum Gasteiger partial charge on any atom is 0.334 e. The third kappa shape index (κ3) is 3.95. The van der Waals surface area contributed by atoms with Crippen LogP contribution < -0.4 is 20.9 Å². The third-order valence-electron chi connectivity index (χ3n) is 5.20. The Morgan fingerprint density at radius 1 is 1.18 bits per heavy atom. The topological polar surface area (TPSA) is 98.3 Å². The van der Waals surface area contributed by atoms with Crippen LogP contribution in [-0.2, 0) is 0 Å². The molecule has 2 aromatic carbocycles. The first-order valence-corrected chi connectivity index (χ1v) is 10.5. The fraction of sp³-hybridized carbons (Fsp3) is 0.174. The molecule has 3 N–H and O–H groups in total. The quantitative estimate of drug-likeness (QED) is 0.547. The summed E-state index contributed by atoms with van der Waals surface area (Å²) in [6.45, 7) is 2.49. The molecule has 0 aliphatic carbocycles. The molecule has 0 atom stereocenters. The first-order valence-electron chi connectivity index (χ1n) is 10.1. The van der Waals surface area contributed by atoms with Gasteiger partial charge in [-0.25, -0.2) is 18.6 Å². The van der Waals surface area contributed by atoms with E-state index >= 15 is 8.78 Å². The summed E-state index contributed by atoms with van der Waals surface area (Å²) in [5, 5.41) is 12.6. The van der Waals surface area contributed by atoms with Crippen molar-refractivity contribution in [2.45, 2.75) is 6.92 Å². The van der Waals surface area contributed by atoms with Gasteiger partial charge in [-0.1, -0.05) is 17.7 Å². The molecule has 0 spiro atoms. The smallest absolute Gasteiger partial charge is 0.334 e. The van der Waals surface area contributed by atoms with E-state index in [2.05, 4.69) is 10.3 Å². The number of hydrogen-bond acceptors (Lipinski definition) is 5. The van der Waals surface area contributed by atoms with Gasteiger partial charge in [-0.3, -0.25) is 9.80 Å². The van der Waals surface area contributed by atoms with E-state index in [4.69, 9.17) is 17.3 Å². The van der Waals surface area contributed by atoms with Gasteiger partial charge < -0.3 is 11.1 Å². The van der Waals surface area contributed by atoms with Crippen molar-refractivity contribution < 1.29 is 13.6 Å². The van der Waals surface area contributed by atoms with Crippen LogP contribution in [0, 0.1) is 23.0 Å². The Balaban J connectivity index is 2.01. The van der Waals surface area contributed by atoms with Crippen LogP contribution in [0.25, 0.3) is 11.1 Å². The zero-order valence-corrected chi connectivity index (χ0v) is 18.3. The Labute approximate surface area is 194 Å². The summed E-state index contributed by atoms with van der Waals surface area (Å²) < 4.78 is 30.6. The summed E-state index contributed by atoms with van der Waals surface area (Å²) in [6, 6.07) is 9.68. The van der Waals surface area contributed by atoms with E-state index in [-0.39, 0.29) is 30.0 Å². The molecule has 1 aromatic heterocycles. The molecule has 33 heavy (non-hydrogen) atoms. The van der Waals surface area contributed by atoms with E-state index in [0.717, 1.165) is 17.0 Å². The zero-order chi connectivity index (χ0) is 23.7. The number of fused-ring (bicyclic) bond motifs is 3. The second kappa shape index (κ2) is 9.02. The summed E-state index contributed by atoms with van der Waals surface area (Å²) in [7, 11) is 0. The largest absolute Gasteiger partial charge is 0.384 e. The fourth-order valence-corrected chi connectivity index (χ4v) is 3.93. The zero-order valence-electron chi connectivity index (χ0n) is 17.6. The maximum absolute atomic E-state index is 15.3. The first kappa shape index (κ1) is 22.5. The number of carbonyl (C=O) groups is 1. The molecule has 0 radical (unpaired) electrons. The van der Waals surface area contributed by atoms with Gasteiger partial charge in [-0.05, 0) is 37.3 Å². The minimum absolute atomic E-state index is 0.140. The summed E-state index contributed by atoms with van der Waals surface area (Å²) in [6.07, 6.45) is 1.40. The van der Waals surface area contributed by atoms with Crippen molar-refractivity contribution in [3.63, 3.8) is 0 Å². The van der Waals surface area contributed by atoms with Crippen LogP contribution in [0.2, 0.25) is 5.02 Å². The minimum Gasteiger partial charge on any atom is -0.384 e. The van der Waals surface area contributed by atoms with Crippen LogP contribution in [0.3, 0.4) is 0 Å². The monoisotopic (exact) mass is 468 g/mol. The number of urea groups is 1. The number of nitrogens with one attached hydrogen (secondary N) is 1. The Morgan fingerprint density at radius 3 is 2.55 bits per heavy atom. The Bertz CT molecular complexity index is 1270. The number of nitrogens with two attached hydrogens (primary N) is 1. The maximum atomic E-state index is 15.3. The lowest BCUT2D eigenvalue weighted by Crippen LogP contribution is -2.41. The van der Waals surface area contributed by atoms with Crippen LogP contribution in [0.15, 0.2) is 42.6 Å². The second-order valence-electron chi connectivity index (χ2n) is 7.23. The predicted octanol–water partition coefficient (Wildman–Crippen LogP) is 5.02. The normalized spacial score (nSPS) is 12.7. The summed E-state index contributed by atoms with van der Waals surface area (Å²) in [4.78, 5) is 20.2. The lowest BCUT2D eigenvalue weighted by atomic mass is 10.0. The summed E-state index contributed by atoms with van der Waals surface area (Å²) in [5.74, 6) is -1.62. The van der Waals surface area contributed by atoms with Gasteiger partial charge in [0.15, 0.2) is 11.6 Å². The Kier molecular flexibility index (Phi) is 6.14. The lowest BCUT2D eigenvalue weighted by molar-refractivity contribution is 0.253. The second-order valence-corrected chi connectivity index (χ2v) is 7.67. The van der Waals surface area contributed by atoms with E-state index in [1.165, 1.54) is 17.2 Å². The van der Waals surface area contributed by atoms with Crippen molar-refractivity contribution >= 4 is 40.5 Å². The van der Waals surface area contributed by atoms with Crippen molar-refractivity contribution in [1.82, 2.24) is 4.98 Å². The van der Waals surface area contributed by atoms with Gasteiger partial charge in [0.2, 0.25) is 0 Å². The number of nitrogens with zero attached hydrogens (tertiary/aromatic N) is 4. The van der Waals surface area contributed by atoms with Crippen LogP contribution in [0.5, 0.6) is 0 Å². The summed E-state index contributed by atoms with van der Waals surface area (Å²) in [5.41, 5.74) is 6.39. The van der Waals surface area contributed by atoms with Crippen LogP contribution in [-0.4, -0.2) is 30.6 Å². The van der Waals surface area contributed by atoms with Crippen molar-refractivity contribution in [2.75, 3.05) is 34.8 Å². The number of pyridine rings is 1. The van der Waals surface area contributed by atoms with Gasteiger partial charge in [0.05, 0.1) is 22.3 Å². The highest BCUT2D eigenvalue weighted by molar-refractivity contribution is 6.31. The number of aromatic nitrogens is 1. The van der Waals surface area contributed by atoms with Gasteiger partial charge in [-0.2, -0.15) is 5.26 Å². The molecular formula is C23H19ClF2N6O. The van der Waals surface area contributed by atoms with Crippen LogP contribution >= 0.6 is 11.6 Å². The molecule has 0 bridgehead atoms. The standard InChI is InChI=1S/C23H19ClF2N6O/c1-2-31-22-17(8-14(24)12-30-22)16-4-3-13(11-28)7-20(16)32(23(31)33)21-18(25)9-15(10-19(21)26)29-6-5-27/h3-4,7-10,12,29H,2,5-6,27H2,1H3. The highest BCUT2D eigenvalue weighted by atomic mass is 35.5. The van der Waals surface area contributed by atoms with Crippen molar-refractivity contribution in [3.05, 3.63) is 64.8 Å². The number of carbonyl (C=O) groups excluding carboxylic acids is 1. The molecule has 3 aromatic rings. The number of anilines is 4. The van der Waals surface area contributed by atoms with Gasteiger partial charge >= 0.3 is 6.03 Å². The molecule has 2 heterocycles. The Hall–Kier alpha value is -3.74. The highest BCUT2D eigenvalue weighted by Gasteiger charge is 2.36. The molecule has 0 unspecified atom stereocenters. The van der Waals surface area contributed by atoms with Crippen LogP contribution in [0.1, 0.15) is 12.5 Å². The molecule has 0 saturated carbocycles. The van der Waals surface area contributed by atoms with E-state index in [1.54, 1.807) is 25.1 Å². The molecule has 1 aliphatic rings. The van der Waals surface area contributed by atoms with Gasteiger partial charge in [0.1, 0.15) is 11.5 Å². The number of amides is 2. The SMILES string of the molecule is CCN1C(=O)N(c2c(F)cc(NCCN)cc2F)c2cc(C#N)ccc2-c2cc(Cl)cnc21.